The Balaban J connectivity index is 2.17. The van der Waals surface area contributed by atoms with Gasteiger partial charge in [-0.05, 0) is 31.0 Å². The molecule has 1 aromatic rings. The molecule has 154 valence electrons. The van der Waals surface area contributed by atoms with Crippen LogP contribution >= 0.6 is 0 Å². The molecule has 0 aliphatic rings. The van der Waals surface area contributed by atoms with Crippen molar-refractivity contribution in [3.63, 3.8) is 0 Å². The lowest BCUT2D eigenvalue weighted by Crippen LogP contribution is -2.16. The summed E-state index contributed by atoms with van der Waals surface area (Å²) in [5, 5.41) is 9.45. The van der Waals surface area contributed by atoms with Crippen LogP contribution in [0.25, 0.3) is 0 Å². The molecule has 0 aromatic heterocycles. The van der Waals surface area contributed by atoms with Crippen molar-refractivity contribution < 1.29 is 14.6 Å². The maximum absolute atomic E-state index is 12.3. The van der Waals surface area contributed by atoms with Gasteiger partial charge in [-0.1, -0.05) is 96.1 Å². The van der Waals surface area contributed by atoms with Crippen LogP contribution in [0, 0.1) is 0 Å². The number of unbranched alkanes of at least 4 members (excludes halogenated alkanes) is 11. The molecule has 3 heteroatoms. The SMILES string of the molecule is CCCCCCCCCCCCCCC(C(=O)OCC)c1ccc(O)cc1. The number of aromatic hydroxyl groups is 1. The number of carbonyl (C=O) groups is 1. The Kier molecular flexibility index (Phi) is 13.5. The lowest BCUT2D eigenvalue weighted by molar-refractivity contribution is -0.145. The van der Waals surface area contributed by atoms with Gasteiger partial charge in [0.15, 0.2) is 0 Å². The maximum atomic E-state index is 12.3. The van der Waals surface area contributed by atoms with E-state index < -0.39 is 0 Å². The van der Waals surface area contributed by atoms with E-state index >= 15 is 0 Å². The molecule has 27 heavy (non-hydrogen) atoms. The molecule has 0 spiro atoms. The summed E-state index contributed by atoms with van der Waals surface area (Å²) in [5.74, 6) is -0.133. The number of carbonyl (C=O) groups excluding carboxylic acids is 1. The second-order valence-corrected chi connectivity index (χ2v) is 7.57. The number of ether oxygens (including phenoxy) is 1. The lowest BCUT2D eigenvalue weighted by Gasteiger charge is -2.16. The van der Waals surface area contributed by atoms with Crippen molar-refractivity contribution in [1.82, 2.24) is 0 Å². The first-order chi connectivity index (χ1) is 13.2. The molecule has 1 atom stereocenters. The van der Waals surface area contributed by atoms with E-state index in [0.717, 1.165) is 18.4 Å². The van der Waals surface area contributed by atoms with Gasteiger partial charge in [0.2, 0.25) is 0 Å². The minimum Gasteiger partial charge on any atom is -0.508 e. The summed E-state index contributed by atoms with van der Waals surface area (Å²) < 4.78 is 5.24. The third-order valence-electron chi connectivity index (χ3n) is 5.21. The normalized spacial score (nSPS) is 12.1. The van der Waals surface area contributed by atoms with Gasteiger partial charge in [0, 0.05) is 0 Å². The molecule has 0 radical (unpaired) electrons. The van der Waals surface area contributed by atoms with Crippen LogP contribution in [0.3, 0.4) is 0 Å². The minimum absolute atomic E-state index is 0.147. The Hall–Kier alpha value is -1.51. The standard InChI is InChI=1S/C24H40O3/c1-3-5-6-7-8-9-10-11-12-13-14-15-16-23(24(26)27-4-2)21-17-19-22(25)20-18-21/h17-20,23,25H,3-16H2,1-2H3. The molecule has 1 rings (SSSR count). The van der Waals surface area contributed by atoms with E-state index in [9.17, 15) is 9.90 Å². The molecule has 0 heterocycles. The molecular formula is C24H40O3. The van der Waals surface area contributed by atoms with Crippen LogP contribution in [0.1, 0.15) is 109 Å². The molecule has 1 unspecified atom stereocenters. The first-order valence-corrected chi connectivity index (χ1v) is 11.1. The molecule has 0 aliphatic heterocycles. The Morgan fingerprint density at radius 3 is 1.78 bits per heavy atom. The van der Waals surface area contributed by atoms with Crippen LogP contribution in [0.4, 0.5) is 0 Å². The van der Waals surface area contributed by atoms with E-state index in [0.29, 0.717) is 6.61 Å². The quantitative estimate of drug-likeness (QED) is 0.246. The largest absolute Gasteiger partial charge is 0.508 e. The second-order valence-electron chi connectivity index (χ2n) is 7.57. The average Bonchev–Trinajstić information content (AvgIpc) is 2.67. The van der Waals surface area contributed by atoms with Gasteiger partial charge in [0.1, 0.15) is 5.75 Å². The van der Waals surface area contributed by atoms with E-state index in [4.69, 9.17) is 4.74 Å². The Labute approximate surface area is 166 Å². The van der Waals surface area contributed by atoms with Crippen molar-refractivity contribution in [3.8, 4) is 5.75 Å². The van der Waals surface area contributed by atoms with E-state index in [-0.39, 0.29) is 17.6 Å². The summed E-state index contributed by atoms with van der Waals surface area (Å²) >= 11 is 0. The highest BCUT2D eigenvalue weighted by Gasteiger charge is 2.21. The lowest BCUT2D eigenvalue weighted by atomic mass is 9.92. The zero-order valence-corrected chi connectivity index (χ0v) is 17.5. The molecule has 1 aromatic carbocycles. The Bertz CT molecular complexity index is 481. The number of rotatable bonds is 16. The van der Waals surface area contributed by atoms with Crippen molar-refractivity contribution in [2.24, 2.45) is 0 Å². The smallest absolute Gasteiger partial charge is 0.313 e. The number of hydrogen-bond donors (Lipinski definition) is 1. The number of esters is 1. The topological polar surface area (TPSA) is 46.5 Å². The predicted molar refractivity (Wildman–Crippen MR) is 113 cm³/mol. The van der Waals surface area contributed by atoms with Crippen LogP contribution in [0.2, 0.25) is 0 Å². The van der Waals surface area contributed by atoms with Gasteiger partial charge in [-0.2, -0.15) is 0 Å². The highest BCUT2D eigenvalue weighted by molar-refractivity contribution is 5.78. The van der Waals surface area contributed by atoms with E-state index in [2.05, 4.69) is 6.92 Å². The minimum atomic E-state index is -0.214. The maximum Gasteiger partial charge on any atom is 0.313 e. The van der Waals surface area contributed by atoms with Crippen molar-refractivity contribution >= 4 is 5.97 Å². The van der Waals surface area contributed by atoms with E-state index in [1.807, 2.05) is 19.1 Å². The fraction of sp³-hybridized carbons (Fsp3) is 0.708. The van der Waals surface area contributed by atoms with Crippen LogP contribution in [0.5, 0.6) is 5.75 Å². The Morgan fingerprint density at radius 2 is 1.30 bits per heavy atom. The molecule has 1 N–H and O–H groups in total. The van der Waals surface area contributed by atoms with E-state index in [1.165, 1.54) is 70.6 Å². The number of hydrogen-bond acceptors (Lipinski definition) is 3. The van der Waals surface area contributed by atoms with Crippen molar-refractivity contribution in [2.45, 2.75) is 103 Å². The molecule has 0 saturated heterocycles. The second kappa shape index (κ2) is 15.5. The fourth-order valence-electron chi connectivity index (χ4n) is 3.56. The summed E-state index contributed by atoms with van der Waals surface area (Å²) in [7, 11) is 0. The summed E-state index contributed by atoms with van der Waals surface area (Å²) in [6.45, 7) is 4.51. The van der Waals surface area contributed by atoms with E-state index in [1.54, 1.807) is 12.1 Å². The molecule has 0 amide bonds. The zero-order valence-electron chi connectivity index (χ0n) is 17.5. The highest BCUT2D eigenvalue weighted by Crippen LogP contribution is 2.26. The first-order valence-electron chi connectivity index (χ1n) is 11.1. The van der Waals surface area contributed by atoms with Gasteiger partial charge in [-0.15, -0.1) is 0 Å². The first kappa shape index (κ1) is 23.5. The van der Waals surface area contributed by atoms with Crippen LogP contribution in [-0.2, 0) is 9.53 Å². The number of phenolic OH excluding ortho intramolecular Hbond substituents is 1. The summed E-state index contributed by atoms with van der Waals surface area (Å²) in [6, 6.07) is 6.95. The molecule has 3 nitrogen and oxygen atoms in total. The van der Waals surface area contributed by atoms with Crippen LogP contribution < -0.4 is 0 Å². The van der Waals surface area contributed by atoms with Gasteiger partial charge in [0.25, 0.3) is 0 Å². The summed E-state index contributed by atoms with van der Waals surface area (Å²) in [6.07, 6.45) is 16.6. The predicted octanol–water partition coefficient (Wildman–Crippen LogP) is 7.13. The molecule has 0 fully saturated rings. The fourth-order valence-corrected chi connectivity index (χ4v) is 3.56. The van der Waals surface area contributed by atoms with Crippen molar-refractivity contribution in [3.05, 3.63) is 29.8 Å². The Morgan fingerprint density at radius 1 is 0.815 bits per heavy atom. The van der Waals surface area contributed by atoms with Crippen LogP contribution in [-0.4, -0.2) is 17.7 Å². The number of benzene rings is 1. The van der Waals surface area contributed by atoms with Gasteiger partial charge in [-0.25, -0.2) is 0 Å². The molecule has 0 aliphatic carbocycles. The highest BCUT2D eigenvalue weighted by atomic mass is 16.5. The van der Waals surface area contributed by atoms with Gasteiger partial charge >= 0.3 is 5.97 Å². The number of phenols is 1. The molecular weight excluding hydrogens is 336 g/mol. The monoisotopic (exact) mass is 376 g/mol. The summed E-state index contributed by atoms with van der Waals surface area (Å²) in [5.41, 5.74) is 0.939. The van der Waals surface area contributed by atoms with Gasteiger partial charge < -0.3 is 9.84 Å². The zero-order chi connectivity index (χ0) is 19.7. The average molecular weight is 377 g/mol. The third kappa shape index (κ3) is 11.0. The molecule has 0 saturated carbocycles. The van der Waals surface area contributed by atoms with Gasteiger partial charge in [-0.3, -0.25) is 4.79 Å². The summed E-state index contributed by atoms with van der Waals surface area (Å²) in [4.78, 5) is 12.3. The van der Waals surface area contributed by atoms with Crippen molar-refractivity contribution in [2.75, 3.05) is 6.61 Å². The van der Waals surface area contributed by atoms with Crippen LogP contribution in [0.15, 0.2) is 24.3 Å². The molecule has 0 bridgehead atoms. The third-order valence-corrected chi connectivity index (χ3v) is 5.21. The van der Waals surface area contributed by atoms with Crippen molar-refractivity contribution in [1.29, 1.82) is 0 Å². The van der Waals surface area contributed by atoms with Gasteiger partial charge in [0.05, 0.1) is 12.5 Å².